The molecule has 2 aromatic rings. The lowest BCUT2D eigenvalue weighted by Crippen LogP contribution is -1.99. The molecule has 1 aromatic heterocycles. The summed E-state index contributed by atoms with van der Waals surface area (Å²) in [5.41, 5.74) is 1.70. The predicted molar refractivity (Wildman–Crippen MR) is 86.2 cm³/mol. The number of aliphatic hydroxyl groups excluding tert-OH is 1. The van der Waals surface area contributed by atoms with Gasteiger partial charge in [-0.1, -0.05) is 29.8 Å². The van der Waals surface area contributed by atoms with Crippen molar-refractivity contribution in [3.8, 4) is 11.6 Å². The first kappa shape index (κ1) is 15.5. The molecule has 106 valence electrons. The second-order valence-electron chi connectivity index (χ2n) is 4.73. The fraction of sp³-hybridized carbons (Fsp3) is 0.267. The van der Waals surface area contributed by atoms with Crippen LogP contribution in [0.5, 0.6) is 11.6 Å². The molecule has 0 atom stereocenters. The Morgan fingerprint density at radius 1 is 1.20 bits per heavy atom. The van der Waals surface area contributed by atoms with Crippen LogP contribution in [0.1, 0.15) is 31.0 Å². The van der Waals surface area contributed by atoms with Crippen molar-refractivity contribution in [1.82, 2.24) is 4.98 Å². The highest BCUT2D eigenvalue weighted by Gasteiger charge is 2.09. The van der Waals surface area contributed by atoms with Gasteiger partial charge in [-0.05, 0) is 51.7 Å². The van der Waals surface area contributed by atoms with Gasteiger partial charge in [-0.25, -0.2) is 4.98 Å². The molecule has 5 heteroatoms. The summed E-state index contributed by atoms with van der Waals surface area (Å²) in [5.74, 6) is 1.45. The molecule has 20 heavy (non-hydrogen) atoms. The van der Waals surface area contributed by atoms with Crippen LogP contribution >= 0.6 is 31.9 Å². The zero-order valence-electron chi connectivity index (χ0n) is 11.2. The molecule has 0 unspecified atom stereocenters. The van der Waals surface area contributed by atoms with E-state index in [0.717, 1.165) is 20.2 Å². The van der Waals surface area contributed by atoms with Crippen molar-refractivity contribution in [1.29, 1.82) is 0 Å². The van der Waals surface area contributed by atoms with Crippen molar-refractivity contribution in [2.24, 2.45) is 0 Å². The zero-order valence-corrected chi connectivity index (χ0v) is 14.4. The van der Waals surface area contributed by atoms with Crippen LogP contribution in [-0.2, 0) is 6.61 Å². The van der Waals surface area contributed by atoms with Crippen molar-refractivity contribution >= 4 is 31.9 Å². The molecule has 0 saturated heterocycles. The highest BCUT2D eigenvalue weighted by atomic mass is 79.9. The Kier molecular flexibility index (Phi) is 5.18. The number of aliphatic hydroxyl groups is 1. The van der Waals surface area contributed by atoms with Crippen LogP contribution < -0.4 is 4.74 Å². The van der Waals surface area contributed by atoms with E-state index in [1.54, 1.807) is 6.07 Å². The van der Waals surface area contributed by atoms with Crippen molar-refractivity contribution in [3.63, 3.8) is 0 Å². The van der Waals surface area contributed by atoms with Gasteiger partial charge in [0.2, 0.25) is 5.88 Å². The van der Waals surface area contributed by atoms with Crippen LogP contribution in [0.3, 0.4) is 0 Å². The second-order valence-corrected chi connectivity index (χ2v) is 6.50. The standard InChI is InChI=1S/C15H15Br2NO2/c1-9(2)13-5-10(8-19)6-15(18-13)20-14-4-3-11(16)7-12(14)17/h3-7,9,19H,8H2,1-2H3. The van der Waals surface area contributed by atoms with Gasteiger partial charge in [-0.3, -0.25) is 0 Å². The van der Waals surface area contributed by atoms with E-state index >= 15 is 0 Å². The lowest BCUT2D eigenvalue weighted by molar-refractivity contribution is 0.280. The summed E-state index contributed by atoms with van der Waals surface area (Å²) in [6.07, 6.45) is 0. The van der Waals surface area contributed by atoms with Crippen LogP contribution in [0.25, 0.3) is 0 Å². The van der Waals surface area contributed by atoms with Crippen molar-refractivity contribution in [2.45, 2.75) is 26.4 Å². The molecule has 1 aromatic carbocycles. The Hall–Kier alpha value is -0.910. The van der Waals surface area contributed by atoms with Gasteiger partial charge in [0.15, 0.2) is 0 Å². The summed E-state index contributed by atoms with van der Waals surface area (Å²) in [5, 5.41) is 9.33. The van der Waals surface area contributed by atoms with E-state index in [1.165, 1.54) is 0 Å². The average Bonchev–Trinajstić information content (AvgIpc) is 2.41. The summed E-state index contributed by atoms with van der Waals surface area (Å²) in [7, 11) is 0. The number of aromatic nitrogens is 1. The minimum Gasteiger partial charge on any atom is -0.438 e. The lowest BCUT2D eigenvalue weighted by Gasteiger charge is -2.12. The summed E-state index contributed by atoms with van der Waals surface area (Å²) >= 11 is 6.86. The predicted octanol–water partition coefficient (Wildman–Crippen LogP) is 5.01. The minimum absolute atomic E-state index is 0.0277. The number of halogens is 2. The maximum absolute atomic E-state index is 9.33. The number of ether oxygens (including phenoxy) is 1. The van der Waals surface area contributed by atoms with Crippen LogP contribution in [0.4, 0.5) is 0 Å². The molecular formula is C15H15Br2NO2. The lowest BCUT2D eigenvalue weighted by atomic mass is 10.1. The molecule has 2 rings (SSSR count). The van der Waals surface area contributed by atoms with Crippen molar-refractivity contribution in [2.75, 3.05) is 0 Å². The number of nitrogens with zero attached hydrogens (tertiary/aromatic N) is 1. The third-order valence-corrected chi connectivity index (χ3v) is 3.88. The Labute approximate surface area is 135 Å². The van der Waals surface area contributed by atoms with Gasteiger partial charge in [0.1, 0.15) is 5.75 Å². The van der Waals surface area contributed by atoms with Gasteiger partial charge < -0.3 is 9.84 Å². The number of benzene rings is 1. The number of pyridine rings is 1. The quantitative estimate of drug-likeness (QED) is 0.783. The van der Waals surface area contributed by atoms with E-state index in [0.29, 0.717) is 11.6 Å². The van der Waals surface area contributed by atoms with Crippen molar-refractivity contribution < 1.29 is 9.84 Å². The molecule has 0 saturated carbocycles. The fourth-order valence-corrected chi connectivity index (χ4v) is 2.82. The third kappa shape index (κ3) is 3.81. The maximum Gasteiger partial charge on any atom is 0.219 e. The molecule has 0 bridgehead atoms. The summed E-state index contributed by atoms with van der Waals surface area (Å²) in [4.78, 5) is 4.47. The molecule has 1 heterocycles. The summed E-state index contributed by atoms with van der Waals surface area (Å²) in [6.45, 7) is 4.09. The molecule has 0 radical (unpaired) electrons. The largest absolute Gasteiger partial charge is 0.438 e. The molecular weight excluding hydrogens is 386 g/mol. The van der Waals surface area contributed by atoms with E-state index in [1.807, 2.05) is 24.3 Å². The molecule has 0 aliphatic carbocycles. The van der Waals surface area contributed by atoms with E-state index in [2.05, 4.69) is 50.7 Å². The Morgan fingerprint density at radius 3 is 2.55 bits per heavy atom. The normalized spacial score (nSPS) is 10.9. The van der Waals surface area contributed by atoms with E-state index in [4.69, 9.17) is 4.74 Å². The smallest absolute Gasteiger partial charge is 0.219 e. The van der Waals surface area contributed by atoms with Crippen LogP contribution in [0.15, 0.2) is 39.3 Å². The Morgan fingerprint density at radius 2 is 1.95 bits per heavy atom. The number of hydrogen-bond donors (Lipinski definition) is 1. The van der Waals surface area contributed by atoms with Gasteiger partial charge >= 0.3 is 0 Å². The van der Waals surface area contributed by atoms with E-state index < -0.39 is 0 Å². The highest BCUT2D eigenvalue weighted by Crippen LogP contribution is 2.32. The van der Waals surface area contributed by atoms with Gasteiger partial charge in [0, 0.05) is 16.2 Å². The van der Waals surface area contributed by atoms with E-state index in [-0.39, 0.29) is 12.5 Å². The molecule has 0 amide bonds. The zero-order chi connectivity index (χ0) is 14.7. The molecule has 3 nitrogen and oxygen atoms in total. The molecule has 0 fully saturated rings. The first-order valence-electron chi connectivity index (χ1n) is 6.24. The average molecular weight is 401 g/mol. The van der Waals surface area contributed by atoms with E-state index in [9.17, 15) is 5.11 Å². The number of rotatable bonds is 4. The Balaban J connectivity index is 2.34. The minimum atomic E-state index is -0.0277. The molecule has 0 aliphatic heterocycles. The maximum atomic E-state index is 9.33. The second kappa shape index (κ2) is 6.70. The first-order valence-corrected chi connectivity index (χ1v) is 7.83. The summed E-state index contributed by atoms with van der Waals surface area (Å²) < 4.78 is 7.62. The van der Waals surface area contributed by atoms with Crippen LogP contribution in [0.2, 0.25) is 0 Å². The van der Waals surface area contributed by atoms with Crippen molar-refractivity contribution in [3.05, 3.63) is 50.5 Å². The molecule has 0 spiro atoms. The van der Waals surface area contributed by atoms with Gasteiger partial charge in [-0.15, -0.1) is 0 Å². The topological polar surface area (TPSA) is 42.4 Å². The molecule has 1 N–H and O–H groups in total. The molecule has 0 aliphatic rings. The third-order valence-electron chi connectivity index (χ3n) is 2.76. The van der Waals surface area contributed by atoms with Gasteiger partial charge in [-0.2, -0.15) is 0 Å². The van der Waals surface area contributed by atoms with Crippen LogP contribution in [0, 0.1) is 0 Å². The fourth-order valence-electron chi connectivity index (χ4n) is 1.69. The van der Waals surface area contributed by atoms with Gasteiger partial charge in [0.25, 0.3) is 0 Å². The highest BCUT2D eigenvalue weighted by molar-refractivity contribution is 9.11. The Bertz CT molecular complexity index is 615. The first-order chi connectivity index (χ1) is 9.49. The van der Waals surface area contributed by atoms with Gasteiger partial charge in [0.05, 0.1) is 11.1 Å². The number of hydrogen-bond acceptors (Lipinski definition) is 3. The SMILES string of the molecule is CC(C)c1cc(CO)cc(Oc2ccc(Br)cc2Br)n1. The summed E-state index contributed by atoms with van der Waals surface area (Å²) in [6, 6.07) is 9.32. The monoisotopic (exact) mass is 399 g/mol. The van der Waals surface area contributed by atoms with Crippen LogP contribution in [-0.4, -0.2) is 10.1 Å².